The van der Waals surface area contributed by atoms with E-state index in [9.17, 15) is 9.36 Å². The van der Waals surface area contributed by atoms with Crippen molar-refractivity contribution in [2.45, 2.75) is 16.5 Å². The first-order valence-electron chi connectivity index (χ1n) is 8.88. The molecule has 0 fully saturated rings. The summed E-state index contributed by atoms with van der Waals surface area (Å²) in [4.78, 5) is 12.9. The normalized spacial score (nSPS) is 13.0. The van der Waals surface area contributed by atoms with E-state index < -0.39 is 22.6 Å². The number of aryl methyl sites for hydroxylation is 1. The van der Waals surface area contributed by atoms with Crippen LogP contribution in [-0.4, -0.2) is 15.5 Å². The van der Waals surface area contributed by atoms with Gasteiger partial charge in [0.05, 0.1) is 0 Å². The van der Waals surface area contributed by atoms with Gasteiger partial charge in [0.25, 0.3) is 5.91 Å². The second-order valence-corrected chi connectivity index (χ2v) is 11.8. The van der Waals surface area contributed by atoms with E-state index in [0.29, 0.717) is 16.2 Å². The van der Waals surface area contributed by atoms with Crippen LogP contribution in [0.25, 0.3) is 0 Å². The molecule has 0 aliphatic rings. The van der Waals surface area contributed by atoms with Crippen molar-refractivity contribution in [2.75, 3.05) is 0 Å². The molecule has 1 unspecified atom stereocenters. The van der Waals surface area contributed by atoms with Gasteiger partial charge in [0, 0.05) is 16.2 Å². The summed E-state index contributed by atoms with van der Waals surface area (Å²) in [5, 5.41) is 3.72. The Kier molecular flexibility index (Phi) is 6.76. The molecule has 1 amide bonds. The molecule has 0 spiro atoms. The molecule has 3 aromatic rings. The molecule has 0 saturated heterocycles. The van der Waals surface area contributed by atoms with Gasteiger partial charge in [-0.1, -0.05) is 113 Å². The van der Waals surface area contributed by atoms with Crippen LogP contribution in [0.3, 0.4) is 0 Å². The van der Waals surface area contributed by atoms with Gasteiger partial charge in [-0.05, 0) is 19.1 Å². The quantitative estimate of drug-likeness (QED) is 0.402. The van der Waals surface area contributed by atoms with Gasteiger partial charge in [0.15, 0.2) is 7.14 Å². The number of amides is 1. The molecule has 1 N–H and O–H groups in total. The van der Waals surface area contributed by atoms with E-state index in [1.165, 1.54) is 0 Å². The maximum Gasteiger partial charge on any atom is 0.252 e. The van der Waals surface area contributed by atoms with Crippen LogP contribution in [0, 0.1) is 6.92 Å². The van der Waals surface area contributed by atoms with Crippen molar-refractivity contribution in [3.63, 3.8) is 0 Å². The Balaban J connectivity index is 2.12. The van der Waals surface area contributed by atoms with Gasteiger partial charge in [0.1, 0.15) is 5.78 Å². The third-order valence-electron chi connectivity index (χ3n) is 4.53. The monoisotopic (exact) mass is 465 g/mol. The molecule has 0 bridgehead atoms. The predicted octanol–water partition coefficient (Wildman–Crippen LogP) is 5.44. The highest BCUT2D eigenvalue weighted by Crippen LogP contribution is 2.55. The lowest BCUT2D eigenvalue weighted by Crippen LogP contribution is -2.47. The van der Waals surface area contributed by atoms with E-state index in [1.807, 2.05) is 31.2 Å². The molecule has 3 nitrogen and oxygen atoms in total. The maximum absolute atomic E-state index is 14.5. The molecular weight excluding hydrogens is 448 g/mol. The minimum Gasteiger partial charge on any atom is -0.338 e. The maximum atomic E-state index is 14.5. The lowest BCUT2D eigenvalue weighted by Gasteiger charge is -2.34. The minimum atomic E-state index is -3.57. The van der Waals surface area contributed by atoms with Crippen molar-refractivity contribution < 1.29 is 9.36 Å². The topological polar surface area (TPSA) is 46.2 Å². The Morgan fingerprint density at radius 3 is 1.69 bits per heavy atom. The lowest BCUT2D eigenvalue weighted by molar-refractivity contribution is 0.0948. The summed E-state index contributed by atoms with van der Waals surface area (Å²) in [7, 11) is -3.57. The summed E-state index contributed by atoms with van der Waals surface area (Å²) in [5.74, 6) is -1.73. The molecule has 0 radical (unpaired) electrons. The zero-order chi connectivity index (χ0) is 21.1. The predicted molar refractivity (Wildman–Crippen MR) is 122 cm³/mol. The molecule has 3 aromatic carbocycles. The number of rotatable bonds is 5. The van der Waals surface area contributed by atoms with Crippen molar-refractivity contribution in [3.05, 3.63) is 96.1 Å². The van der Waals surface area contributed by atoms with Gasteiger partial charge in [-0.3, -0.25) is 4.79 Å². The van der Waals surface area contributed by atoms with Gasteiger partial charge >= 0.3 is 0 Å². The number of carbonyl (C=O) groups is 1. The first-order chi connectivity index (χ1) is 13.7. The number of alkyl halides is 3. The van der Waals surface area contributed by atoms with Crippen LogP contribution in [-0.2, 0) is 4.57 Å². The molecular formula is C22H19Cl3NO2P. The fourth-order valence-electron chi connectivity index (χ4n) is 3.04. The Hall–Kier alpha value is -1.77. The first-order valence-corrected chi connectivity index (χ1v) is 11.8. The molecule has 150 valence electrons. The van der Waals surface area contributed by atoms with Crippen molar-refractivity contribution in [1.29, 1.82) is 0 Å². The van der Waals surface area contributed by atoms with E-state index in [2.05, 4.69) is 5.32 Å². The second kappa shape index (κ2) is 8.93. The van der Waals surface area contributed by atoms with E-state index in [4.69, 9.17) is 34.8 Å². The van der Waals surface area contributed by atoms with E-state index in [0.717, 1.165) is 5.56 Å². The second-order valence-electron chi connectivity index (χ2n) is 6.61. The molecule has 29 heavy (non-hydrogen) atoms. The zero-order valence-electron chi connectivity index (χ0n) is 15.6. The summed E-state index contributed by atoms with van der Waals surface area (Å²) < 4.78 is 12.5. The summed E-state index contributed by atoms with van der Waals surface area (Å²) in [6.45, 7) is 1.92. The van der Waals surface area contributed by atoms with Gasteiger partial charge in [-0.25, -0.2) is 0 Å². The van der Waals surface area contributed by atoms with Gasteiger partial charge < -0.3 is 9.88 Å². The molecule has 7 heteroatoms. The van der Waals surface area contributed by atoms with Crippen molar-refractivity contribution in [2.24, 2.45) is 0 Å². The highest BCUT2D eigenvalue weighted by atomic mass is 35.6. The van der Waals surface area contributed by atoms with Crippen LogP contribution < -0.4 is 15.9 Å². The Morgan fingerprint density at radius 1 is 0.828 bits per heavy atom. The smallest absolute Gasteiger partial charge is 0.252 e. The largest absolute Gasteiger partial charge is 0.338 e. The molecule has 3 rings (SSSR count). The molecule has 1 atom stereocenters. The van der Waals surface area contributed by atoms with Gasteiger partial charge in [0.2, 0.25) is 3.79 Å². The van der Waals surface area contributed by atoms with E-state index in [1.54, 1.807) is 60.7 Å². The highest BCUT2D eigenvalue weighted by Gasteiger charge is 2.49. The molecule has 0 aliphatic heterocycles. The van der Waals surface area contributed by atoms with Crippen LogP contribution in [0.2, 0.25) is 0 Å². The Labute approximate surface area is 185 Å². The van der Waals surface area contributed by atoms with Gasteiger partial charge in [-0.15, -0.1) is 0 Å². The molecule has 0 heterocycles. The Bertz CT molecular complexity index is 976. The van der Waals surface area contributed by atoms with Crippen LogP contribution in [0.15, 0.2) is 84.9 Å². The minimum absolute atomic E-state index is 0.391. The van der Waals surface area contributed by atoms with Gasteiger partial charge in [-0.2, -0.15) is 0 Å². The van der Waals surface area contributed by atoms with Crippen molar-refractivity contribution in [3.8, 4) is 0 Å². The average molecular weight is 467 g/mol. The summed E-state index contributed by atoms with van der Waals surface area (Å²) in [6.07, 6.45) is 0. The standard InChI is InChI=1S/C22H19Cl3NO2P/c1-16-12-14-17(15-13-16)20(27)26-21(22(23,24)25)29(28,18-8-4-2-5-9-18)19-10-6-3-7-11-19/h2-15,21H,1H3,(H,26,27). The molecule has 0 aromatic heterocycles. The number of halogens is 3. The number of hydrogen-bond donors (Lipinski definition) is 1. The molecule has 0 aliphatic carbocycles. The van der Waals surface area contributed by atoms with Crippen molar-refractivity contribution >= 4 is 58.5 Å². The van der Waals surface area contributed by atoms with E-state index in [-0.39, 0.29) is 0 Å². The third kappa shape index (κ3) is 4.87. The number of hydrogen-bond acceptors (Lipinski definition) is 2. The lowest BCUT2D eigenvalue weighted by atomic mass is 10.1. The van der Waals surface area contributed by atoms with Crippen LogP contribution in [0.4, 0.5) is 0 Å². The fraction of sp³-hybridized carbons (Fsp3) is 0.136. The fourth-order valence-corrected chi connectivity index (χ4v) is 7.27. The zero-order valence-corrected chi connectivity index (χ0v) is 18.7. The van der Waals surface area contributed by atoms with E-state index >= 15 is 0 Å². The van der Waals surface area contributed by atoms with Crippen LogP contribution in [0.1, 0.15) is 15.9 Å². The first kappa shape index (κ1) is 21.9. The summed E-state index contributed by atoms with van der Waals surface area (Å²) in [6, 6.07) is 24.5. The van der Waals surface area contributed by atoms with Crippen LogP contribution >= 0.6 is 41.9 Å². The van der Waals surface area contributed by atoms with Crippen molar-refractivity contribution in [1.82, 2.24) is 5.32 Å². The Morgan fingerprint density at radius 2 is 1.28 bits per heavy atom. The summed E-state index contributed by atoms with van der Waals surface area (Å²) >= 11 is 18.9. The highest BCUT2D eigenvalue weighted by molar-refractivity contribution is 7.79. The number of carbonyl (C=O) groups excluding carboxylic acids is 1. The number of benzene rings is 3. The molecule has 0 saturated carbocycles. The SMILES string of the molecule is Cc1ccc(C(=O)NC(C(Cl)(Cl)Cl)P(=O)(c2ccccc2)c2ccccc2)cc1. The number of nitrogens with one attached hydrogen (secondary N) is 1. The van der Waals surface area contributed by atoms with Crippen LogP contribution in [0.5, 0.6) is 0 Å². The average Bonchev–Trinajstić information content (AvgIpc) is 2.72. The third-order valence-corrected chi connectivity index (χ3v) is 9.02. The summed E-state index contributed by atoms with van der Waals surface area (Å²) in [5.41, 5.74) is 1.40.